The second-order valence-electron chi connectivity index (χ2n) is 5.30. The molecule has 1 unspecified atom stereocenters. The van der Waals surface area contributed by atoms with Crippen LogP contribution >= 0.6 is 15.9 Å². The first kappa shape index (κ1) is 16.7. The summed E-state index contributed by atoms with van der Waals surface area (Å²) in [7, 11) is 0. The van der Waals surface area contributed by atoms with E-state index >= 15 is 0 Å². The zero-order valence-corrected chi connectivity index (χ0v) is 13.7. The molecule has 0 radical (unpaired) electrons. The van der Waals surface area contributed by atoms with Crippen molar-refractivity contribution in [1.29, 1.82) is 0 Å². The number of rotatable bonds is 10. The van der Waals surface area contributed by atoms with Crippen LogP contribution in [0, 0.1) is 0 Å². The highest BCUT2D eigenvalue weighted by Gasteiger charge is 2.09. The van der Waals surface area contributed by atoms with Crippen LogP contribution in [-0.2, 0) is 0 Å². The monoisotopic (exact) mass is 326 g/mol. The minimum atomic E-state index is -0.323. The lowest BCUT2D eigenvalue weighted by atomic mass is 10.0. The summed E-state index contributed by atoms with van der Waals surface area (Å²) >= 11 is 3.49. The summed E-state index contributed by atoms with van der Waals surface area (Å²) in [5, 5.41) is 10.1. The van der Waals surface area contributed by atoms with Crippen LogP contribution in [0.25, 0.3) is 0 Å². The minimum Gasteiger partial charge on any atom is -0.388 e. The summed E-state index contributed by atoms with van der Waals surface area (Å²) in [4.78, 5) is 0. The van der Waals surface area contributed by atoms with Gasteiger partial charge in [0, 0.05) is 4.47 Å². The summed E-state index contributed by atoms with van der Waals surface area (Å²) in [6, 6.07) is 7.96. The lowest BCUT2D eigenvalue weighted by molar-refractivity contribution is 0.162. The summed E-state index contributed by atoms with van der Waals surface area (Å²) in [5.74, 6) is 0. The number of benzene rings is 1. The van der Waals surface area contributed by atoms with E-state index in [2.05, 4.69) is 22.9 Å². The fourth-order valence-corrected chi connectivity index (χ4v) is 2.92. The Morgan fingerprint density at radius 2 is 1.53 bits per heavy atom. The number of aliphatic hydroxyl groups is 1. The second-order valence-corrected chi connectivity index (χ2v) is 6.16. The molecular weight excluding hydrogens is 300 g/mol. The highest BCUT2D eigenvalue weighted by Crippen LogP contribution is 2.26. The molecule has 108 valence electrons. The molecule has 1 aromatic rings. The topological polar surface area (TPSA) is 20.2 Å². The van der Waals surface area contributed by atoms with Crippen LogP contribution in [0.15, 0.2) is 28.7 Å². The molecule has 0 aliphatic carbocycles. The Balaban J connectivity index is 2.08. The predicted octanol–water partition coefficient (Wildman–Crippen LogP) is 6.01. The number of halogens is 1. The third-order valence-electron chi connectivity index (χ3n) is 3.60. The van der Waals surface area contributed by atoms with Crippen LogP contribution < -0.4 is 0 Å². The molecule has 1 N–H and O–H groups in total. The Hall–Kier alpha value is -0.340. The molecule has 0 saturated heterocycles. The molecule has 1 rings (SSSR count). The van der Waals surface area contributed by atoms with E-state index in [1.807, 2.05) is 24.3 Å². The quantitative estimate of drug-likeness (QED) is 0.522. The third kappa shape index (κ3) is 7.12. The van der Waals surface area contributed by atoms with Gasteiger partial charge in [-0.25, -0.2) is 0 Å². The molecule has 0 amide bonds. The number of unbranched alkanes of at least 4 members (excludes halogenated alkanes) is 7. The average Bonchev–Trinajstić information content (AvgIpc) is 2.42. The van der Waals surface area contributed by atoms with Crippen LogP contribution in [0.3, 0.4) is 0 Å². The normalized spacial score (nSPS) is 12.6. The van der Waals surface area contributed by atoms with E-state index in [1.165, 1.54) is 44.9 Å². The molecule has 0 heterocycles. The number of hydrogen-bond acceptors (Lipinski definition) is 1. The van der Waals surface area contributed by atoms with Crippen LogP contribution in [0.1, 0.15) is 76.4 Å². The molecule has 0 spiro atoms. The Morgan fingerprint density at radius 3 is 2.16 bits per heavy atom. The molecule has 0 aliphatic heterocycles. The van der Waals surface area contributed by atoms with Crippen molar-refractivity contribution in [3.8, 4) is 0 Å². The van der Waals surface area contributed by atoms with Crippen molar-refractivity contribution in [2.45, 2.75) is 70.8 Å². The van der Waals surface area contributed by atoms with Gasteiger partial charge in [-0.15, -0.1) is 0 Å². The molecule has 0 fully saturated rings. The largest absolute Gasteiger partial charge is 0.388 e. The Labute approximate surface area is 126 Å². The van der Waals surface area contributed by atoms with Gasteiger partial charge in [-0.05, 0) is 18.1 Å². The van der Waals surface area contributed by atoms with Gasteiger partial charge < -0.3 is 5.11 Å². The van der Waals surface area contributed by atoms with Crippen LogP contribution in [0.2, 0.25) is 0 Å². The van der Waals surface area contributed by atoms with E-state index in [1.54, 1.807) is 0 Å². The van der Waals surface area contributed by atoms with Gasteiger partial charge >= 0.3 is 0 Å². The van der Waals surface area contributed by atoms with Gasteiger partial charge in [-0.1, -0.05) is 92.4 Å². The third-order valence-corrected chi connectivity index (χ3v) is 4.32. The lowest BCUT2D eigenvalue weighted by Gasteiger charge is -2.12. The summed E-state index contributed by atoms with van der Waals surface area (Å²) in [6.07, 6.45) is 11.0. The number of aliphatic hydroxyl groups excluding tert-OH is 1. The molecule has 1 atom stereocenters. The van der Waals surface area contributed by atoms with E-state index in [-0.39, 0.29) is 6.10 Å². The molecule has 0 aromatic heterocycles. The van der Waals surface area contributed by atoms with Gasteiger partial charge in [0.25, 0.3) is 0 Å². The van der Waals surface area contributed by atoms with Gasteiger partial charge in [0.2, 0.25) is 0 Å². The van der Waals surface area contributed by atoms with Crippen molar-refractivity contribution in [1.82, 2.24) is 0 Å². The lowest BCUT2D eigenvalue weighted by Crippen LogP contribution is -1.98. The zero-order valence-electron chi connectivity index (χ0n) is 12.1. The Morgan fingerprint density at radius 1 is 0.947 bits per heavy atom. The highest BCUT2D eigenvalue weighted by atomic mass is 79.9. The van der Waals surface area contributed by atoms with Gasteiger partial charge in [0.05, 0.1) is 6.10 Å². The van der Waals surface area contributed by atoms with E-state index in [0.717, 1.165) is 22.9 Å². The molecule has 0 bridgehead atoms. The van der Waals surface area contributed by atoms with Crippen molar-refractivity contribution < 1.29 is 5.11 Å². The summed E-state index contributed by atoms with van der Waals surface area (Å²) < 4.78 is 1.02. The first-order chi connectivity index (χ1) is 9.25. The molecule has 0 aliphatic rings. The van der Waals surface area contributed by atoms with Gasteiger partial charge in [0.15, 0.2) is 0 Å². The summed E-state index contributed by atoms with van der Waals surface area (Å²) in [5.41, 5.74) is 1.02. The first-order valence-electron chi connectivity index (χ1n) is 7.68. The van der Waals surface area contributed by atoms with Crippen LogP contribution in [0.5, 0.6) is 0 Å². The van der Waals surface area contributed by atoms with E-state index in [0.29, 0.717) is 0 Å². The smallest absolute Gasteiger partial charge is 0.0800 e. The highest BCUT2D eigenvalue weighted by molar-refractivity contribution is 9.10. The summed E-state index contributed by atoms with van der Waals surface area (Å²) in [6.45, 7) is 2.25. The van der Waals surface area contributed by atoms with E-state index in [9.17, 15) is 5.11 Å². The van der Waals surface area contributed by atoms with Gasteiger partial charge in [-0.2, -0.15) is 0 Å². The van der Waals surface area contributed by atoms with Crippen molar-refractivity contribution >= 4 is 15.9 Å². The van der Waals surface area contributed by atoms with Gasteiger partial charge in [-0.3, -0.25) is 0 Å². The van der Waals surface area contributed by atoms with Crippen molar-refractivity contribution in [3.05, 3.63) is 34.3 Å². The molecule has 1 aromatic carbocycles. The van der Waals surface area contributed by atoms with Gasteiger partial charge in [0.1, 0.15) is 0 Å². The van der Waals surface area contributed by atoms with Crippen molar-refractivity contribution in [2.24, 2.45) is 0 Å². The molecule has 1 nitrogen and oxygen atoms in total. The first-order valence-corrected chi connectivity index (χ1v) is 8.47. The minimum absolute atomic E-state index is 0.323. The van der Waals surface area contributed by atoms with E-state index < -0.39 is 0 Å². The SMILES string of the molecule is CCCCCCCCCCC(O)c1ccccc1Br. The predicted molar refractivity (Wildman–Crippen MR) is 86.3 cm³/mol. The fraction of sp³-hybridized carbons (Fsp3) is 0.647. The molecular formula is C17H27BrO. The number of hydrogen-bond donors (Lipinski definition) is 1. The van der Waals surface area contributed by atoms with Crippen LogP contribution in [-0.4, -0.2) is 5.11 Å². The van der Waals surface area contributed by atoms with Crippen LogP contribution in [0.4, 0.5) is 0 Å². The molecule has 2 heteroatoms. The maximum atomic E-state index is 10.1. The fourth-order valence-electron chi connectivity index (χ4n) is 2.37. The average molecular weight is 327 g/mol. The van der Waals surface area contributed by atoms with Crippen molar-refractivity contribution in [3.63, 3.8) is 0 Å². The van der Waals surface area contributed by atoms with E-state index in [4.69, 9.17) is 0 Å². The standard InChI is InChI=1S/C17H27BrO/c1-2-3-4-5-6-7-8-9-14-17(19)15-12-10-11-13-16(15)18/h10-13,17,19H,2-9,14H2,1H3. The van der Waals surface area contributed by atoms with Crippen molar-refractivity contribution in [2.75, 3.05) is 0 Å². The molecule has 0 saturated carbocycles. The zero-order chi connectivity index (χ0) is 13.9. The second kappa shape index (κ2) is 10.4. The Kier molecular flexibility index (Phi) is 9.19. The molecule has 19 heavy (non-hydrogen) atoms. The maximum absolute atomic E-state index is 10.1. The maximum Gasteiger partial charge on any atom is 0.0800 e. The Bertz CT molecular complexity index is 338.